The zero-order valence-corrected chi connectivity index (χ0v) is 11.5. The van der Waals surface area contributed by atoms with E-state index >= 15 is 0 Å². The summed E-state index contributed by atoms with van der Waals surface area (Å²) in [7, 11) is 0. The topological polar surface area (TPSA) is 61.8 Å². The number of nitrogens with one attached hydrogen (secondary N) is 1. The second-order valence-corrected chi connectivity index (χ2v) is 6.46. The number of nitrogens with zero attached hydrogens (tertiary/aromatic N) is 1. The molecule has 2 aliphatic heterocycles. The van der Waals surface area contributed by atoms with Crippen molar-refractivity contribution in [2.45, 2.75) is 44.8 Å². The van der Waals surface area contributed by atoms with Gasteiger partial charge in [-0.05, 0) is 52.6 Å². The molecule has 0 aromatic rings. The largest absolute Gasteiger partial charge is 0.444 e. The molecule has 2 aliphatic rings. The Hall–Kier alpha value is -0.810. The number of hydrogen-bond donors (Lipinski definition) is 2. The maximum absolute atomic E-state index is 11.8. The summed E-state index contributed by atoms with van der Waals surface area (Å²) in [6.07, 6.45) is 1.65. The highest BCUT2D eigenvalue weighted by atomic mass is 16.6. The van der Waals surface area contributed by atoms with Crippen molar-refractivity contribution in [1.82, 2.24) is 10.2 Å². The zero-order valence-electron chi connectivity index (χ0n) is 11.5. The summed E-state index contributed by atoms with van der Waals surface area (Å²) in [6, 6.07) is 0. The Balaban J connectivity index is 1.83. The first kappa shape index (κ1) is 13.6. The molecule has 0 bridgehead atoms. The Morgan fingerprint density at radius 2 is 1.89 bits per heavy atom. The van der Waals surface area contributed by atoms with Crippen LogP contribution in [0.15, 0.2) is 0 Å². The summed E-state index contributed by atoms with van der Waals surface area (Å²) in [6.45, 7) is 8.29. The predicted octanol–water partition coefficient (Wildman–Crippen LogP) is 0.968. The summed E-state index contributed by atoms with van der Waals surface area (Å²) >= 11 is 0. The van der Waals surface area contributed by atoms with Gasteiger partial charge in [0.25, 0.3) is 0 Å². The van der Waals surface area contributed by atoms with E-state index in [1.165, 1.54) is 0 Å². The van der Waals surface area contributed by atoms with Crippen LogP contribution in [0, 0.1) is 5.92 Å². The van der Waals surface area contributed by atoms with Gasteiger partial charge in [-0.25, -0.2) is 4.79 Å². The molecule has 2 fully saturated rings. The molecule has 18 heavy (non-hydrogen) atoms. The Labute approximate surface area is 108 Å². The van der Waals surface area contributed by atoms with Gasteiger partial charge in [-0.15, -0.1) is 0 Å². The number of amides is 1. The minimum atomic E-state index is -0.695. The molecule has 0 aromatic carbocycles. The second-order valence-electron chi connectivity index (χ2n) is 6.46. The van der Waals surface area contributed by atoms with Crippen molar-refractivity contribution in [3.8, 4) is 0 Å². The third kappa shape index (κ3) is 2.95. The molecule has 0 spiro atoms. The van der Waals surface area contributed by atoms with E-state index in [2.05, 4.69) is 5.32 Å². The summed E-state index contributed by atoms with van der Waals surface area (Å²) < 4.78 is 5.29. The quantitative estimate of drug-likeness (QED) is 0.734. The van der Waals surface area contributed by atoms with Gasteiger partial charge in [0, 0.05) is 0 Å². The molecule has 2 rings (SSSR count). The van der Waals surface area contributed by atoms with Crippen LogP contribution >= 0.6 is 0 Å². The molecule has 0 aliphatic carbocycles. The fourth-order valence-electron chi connectivity index (χ4n) is 2.69. The lowest BCUT2D eigenvalue weighted by Gasteiger charge is -2.51. The van der Waals surface area contributed by atoms with Crippen molar-refractivity contribution in [3.05, 3.63) is 0 Å². The van der Waals surface area contributed by atoms with E-state index in [-0.39, 0.29) is 6.09 Å². The molecule has 2 N–H and O–H groups in total. The van der Waals surface area contributed by atoms with Crippen LogP contribution in [0.25, 0.3) is 0 Å². The number of hydrogen-bond acceptors (Lipinski definition) is 4. The van der Waals surface area contributed by atoms with Gasteiger partial charge in [0.2, 0.25) is 0 Å². The lowest BCUT2D eigenvalue weighted by atomic mass is 9.76. The van der Waals surface area contributed by atoms with Crippen molar-refractivity contribution in [2.75, 3.05) is 26.2 Å². The van der Waals surface area contributed by atoms with Crippen molar-refractivity contribution in [3.63, 3.8) is 0 Å². The Bertz CT molecular complexity index is 313. The van der Waals surface area contributed by atoms with E-state index in [0.29, 0.717) is 19.0 Å². The summed E-state index contributed by atoms with van der Waals surface area (Å²) in [5, 5.41) is 13.8. The lowest BCUT2D eigenvalue weighted by Crippen LogP contribution is -2.68. The Morgan fingerprint density at radius 1 is 1.33 bits per heavy atom. The van der Waals surface area contributed by atoms with Gasteiger partial charge in [-0.2, -0.15) is 0 Å². The SMILES string of the molecule is CC(C)(C)OC(=O)N1CC(O)(C2CCNCC2)C1. The first-order valence-electron chi connectivity index (χ1n) is 6.71. The molecule has 0 unspecified atom stereocenters. The first-order valence-corrected chi connectivity index (χ1v) is 6.71. The lowest BCUT2D eigenvalue weighted by molar-refractivity contribution is -0.137. The highest BCUT2D eigenvalue weighted by Gasteiger charge is 2.50. The number of rotatable bonds is 1. The standard InChI is InChI=1S/C13H24N2O3/c1-12(2,3)18-11(16)15-8-13(17,9-15)10-4-6-14-7-5-10/h10,14,17H,4-9H2,1-3H3. The molecule has 0 radical (unpaired) electrons. The van der Waals surface area contributed by atoms with Crippen LogP contribution in [-0.2, 0) is 4.74 Å². The second kappa shape index (κ2) is 4.70. The average molecular weight is 256 g/mol. The minimum Gasteiger partial charge on any atom is -0.444 e. The summed E-state index contributed by atoms with van der Waals surface area (Å²) in [4.78, 5) is 13.4. The fraction of sp³-hybridized carbons (Fsp3) is 0.923. The van der Waals surface area contributed by atoms with Gasteiger partial charge >= 0.3 is 6.09 Å². The maximum Gasteiger partial charge on any atom is 0.410 e. The minimum absolute atomic E-state index is 0.303. The van der Waals surface area contributed by atoms with Crippen LogP contribution < -0.4 is 5.32 Å². The van der Waals surface area contributed by atoms with E-state index in [9.17, 15) is 9.90 Å². The normalized spacial score (nSPS) is 24.6. The van der Waals surface area contributed by atoms with Crippen molar-refractivity contribution >= 4 is 6.09 Å². The Kier molecular flexibility index (Phi) is 3.56. The van der Waals surface area contributed by atoms with E-state index in [0.717, 1.165) is 25.9 Å². The number of carbonyl (C=O) groups is 1. The third-order valence-corrected chi connectivity index (χ3v) is 3.68. The van der Waals surface area contributed by atoms with Gasteiger partial charge in [-0.1, -0.05) is 0 Å². The first-order chi connectivity index (χ1) is 8.30. The smallest absolute Gasteiger partial charge is 0.410 e. The maximum atomic E-state index is 11.8. The van der Waals surface area contributed by atoms with Crippen LogP contribution in [0.5, 0.6) is 0 Å². The number of likely N-dealkylation sites (tertiary alicyclic amines) is 1. The molecule has 5 nitrogen and oxygen atoms in total. The molecule has 2 heterocycles. The molecule has 5 heteroatoms. The van der Waals surface area contributed by atoms with Crippen LogP contribution in [0.4, 0.5) is 4.79 Å². The fourth-order valence-corrected chi connectivity index (χ4v) is 2.69. The molecular formula is C13H24N2O3. The predicted molar refractivity (Wildman–Crippen MR) is 68.4 cm³/mol. The van der Waals surface area contributed by atoms with Gasteiger partial charge < -0.3 is 20.1 Å². The van der Waals surface area contributed by atoms with Crippen molar-refractivity contribution in [1.29, 1.82) is 0 Å². The van der Waals surface area contributed by atoms with E-state index in [1.807, 2.05) is 20.8 Å². The summed E-state index contributed by atoms with van der Waals surface area (Å²) in [5.41, 5.74) is -1.17. The summed E-state index contributed by atoms with van der Waals surface area (Å²) in [5.74, 6) is 0.303. The molecule has 2 saturated heterocycles. The number of carbonyl (C=O) groups excluding carboxylic acids is 1. The van der Waals surface area contributed by atoms with Crippen LogP contribution in [-0.4, -0.2) is 53.5 Å². The molecule has 0 aromatic heterocycles. The average Bonchev–Trinajstić information content (AvgIpc) is 2.23. The molecule has 104 valence electrons. The van der Waals surface area contributed by atoms with Crippen LogP contribution in [0.2, 0.25) is 0 Å². The number of β-amino-alcohol motifs (C(OH)–C–C–N with tert-alkyl or cyclic N) is 1. The molecular weight excluding hydrogens is 232 g/mol. The number of aliphatic hydroxyl groups is 1. The highest BCUT2D eigenvalue weighted by molar-refractivity contribution is 5.69. The van der Waals surface area contributed by atoms with Gasteiger partial charge in [0.05, 0.1) is 13.1 Å². The molecule has 0 saturated carbocycles. The van der Waals surface area contributed by atoms with E-state index in [4.69, 9.17) is 4.74 Å². The van der Waals surface area contributed by atoms with Gasteiger partial charge in [0.15, 0.2) is 0 Å². The van der Waals surface area contributed by atoms with E-state index in [1.54, 1.807) is 4.90 Å². The van der Waals surface area contributed by atoms with Crippen LogP contribution in [0.3, 0.4) is 0 Å². The van der Waals surface area contributed by atoms with Gasteiger partial charge in [0.1, 0.15) is 11.2 Å². The van der Waals surface area contributed by atoms with Crippen LogP contribution in [0.1, 0.15) is 33.6 Å². The number of ether oxygens (including phenoxy) is 1. The Morgan fingerprint density at radius 3 is 2.39 bits per heavy atom. The van der Waals surface area contributed by atoms with E-state index < -0.39 is 11.2 Å². The number of piperidine rings is 1. The third-order valence-electron chi connectivity index (χ3n) is 3.68. The molecule has 1 amide bonds. The molecule has 0 atom stereocenters. The van der Waals surface area contributed by atoms with Gasteiger partial charge in [-0.3, -0.25) is 0 Å². The monoisotopic (exact) mass is 256 g/mol. The zero-order chi connectivity index (χ0) is 13.4. The van der Waals surface area contributed by atoms with Crippen molar-refractivity contribution < 1.29 is 14.6 Å². The van der Waals surface area contributed by atoms with Crippen molar-refractivity contribution in [2.24, 2.45) is 5.92 Å². The highest BCUT2D eigenvalue weighted by Crippen LogP contribution is 2.34.